The van der Waals surface area contributed by atoms with Crippen LogP contribution in [-0.4, -0.2) is 48.9 Å². The second-order valence-electron chi connectivity index (χ2n) is 4.88. The second-order valence-corrected chi connectivity index (χ2v) is 4.88. The standard InChI is InChI=1S/C13H23N5O/c1-10(3-4-14)15-12-9-13(17-11(2)16-12)18-5-7-19-8-6-18/h9-10H,3-8,14H2,1-2H3,(H,15,16,17). The second kappa shape index (κ2) is 6.68. The molecule has 1 aromatic rings. The Morgan fingerprint density at radius 3 is 2.84 bits per heavy atom. The van der Waals surface area contributed by atoms with Crippen LogP contribution < -0.4 is 16.0 Å². The Morgan fingerprint density at radius 1 is 1.42 bits per heavy atom. The van der Waals surface area contributed by atoms with Crippen molar-refractivity contribution in [1.82, 2.24) is 9.97 Å². The number of hydrogen-bond acceptors (Lipinski definition) is 6. The molecule has 0 saturated carbocycles. The summed E-state index contributed by atoms with van der Waals surface area (Å²) in [6, 6.07) is 2.32. The van der Waals surface area contributed by atoms with Crippen molar-refractivity contribution in [1.29, 1.82) is 0 Å². The zero-order chi connectivity index (χ0) is 13.7. The quantitative estimate of drug-likeness (QED) is 0.819. The molecule has 1 aromatic heterocycles. The van der Waals surface area contributed by atoms with E-state index in [1.165, 1.54) is 0 Å². The lowest BCUT2D eigenvalue weighted by molar-refractivity contribution is 0.122. The number of ether oxygens (including phenoxy) is 1. The number of nitrogens with two attached hydrogens (primary N) is 1. The van der Waals surface area contributed by atoms with Gasteiger partial charge in [0.2, 0.25) is 0 Å². The van der Waals surface area contributed by atoms with Gasteiger partial charge in [-0.3, -0.25) is 0 Å². The van der Waals surface area contributed by atoms with Gasteiger partial charge in [0, 0.05) is 25.2 Å². The number of aryl methyl sites for hydroxylation is 1. The van der Waals surface area contributed by atoms with Crippen LogP contribution >= 0.6 is 0 Å². The monoisotopic (exact) mass is 265 g/mol. The normalized spacial score (nSPS) is 17.3. The fraction of sp³-hybridized carbons (Fsp3) is 0.692. The molecule has 19 heavy (non-hydrogen) atoms. The number of nitrogens with zero attached hydrogens (tertiary/aromatic N) is 3. The first-order valence-electron chi connectivity index (χ1n) is 6.84. The average molecular weight is 265 g/mol. The fourth-order valence-corrected chi connectivity index (χ4v) is 2.15. The molecule has 2 rings (SSSR count). The van der Waals surface area contributed by atoms with Crippen molar-refractivity contribution in [2.24, 2.45) is 5.73 Å². The van der Waals surface area contributed by atoms with E-state index in [1.54, 1.807) is 0 Å². The van der Waals surface area contributed by atoms with Crippen LogP contribution in [-0.2, 0) is 4.74 Å². The molecule has 0 aliphatic carbocycles. The highest BCUT2D eigenvalue weighted by Crippen LogP contribution is 2.17. The van der Waals surface area contributed by atoms with E-state index in [-0.39, 0.29) is 0 Å². The summed E-state index contributed by atoms with van der Waals surface area (Å²) in [7, 11) is 0. The number of rotatable bonds is 5. The molecule has 0 amide bonds. The summed E-state index contributed by atoms with van der Waals surface area (Å²) in [5.74, 6) is 2.62. The van der Waals surface area contributed by atoms with Crippen molar-refractivity contribution in [3.05, 3.63) is 11.9 Å². The lowest BCUT2D eigenvalue weighted by Gasteiger charge is -2.28. The Morgan fingerprint density at radius 2 is 2.16 bits per heavy atom. The topological polar surface area (TPSA) is 76.3 Å². The third-order valence-corrected chi connectivity index (χ3v) is 3.15. The van der Waals surface area contributed by atoms with Crippen molar-refractivity contribution in [2.45, 2.75) is 26.3 Å². The molecule has 3 N–H and O–H groups in total. The Kier molecular flexibility index (Phi) is 4.93. The summed E-state index contributed by atoms with van der Waals surface area (Å²) in [4.78, 5) is 11.2. The number of anilines is 2. The molecule has 1 fully saturated rings. The van der Waals surface area contributed by atoms with E-state index in [9.17, 15) is 0 Å². The van der Waals surface area contributed by atoms with Gasteiger partial charge in [0.15, 0.2) is 0 Å². The van der Waals surface area contributed by atoms with E-state index in [4.69, 9.17) is 10.5 Å². The van der Waals surface area contributed by atoms with Crippen LogP contribution in [0.25, 0.3) is 0 Å². The highest BCUT2D eigenvalue weighted by Gasteiger charge is 2.14. The molecule has 0 radical (unpaired) electrons. The number of hydrogen-bond donors (Lipinski definition) is 2. The lowest BCUT2D eigenvalue weighted by atomic mass is 10.2. The van der Waals surface area contributed by atoms with Gasteiger partial charge in [-0.2, -0.15) is 0 Å². The third-order valence-electron chi connectivity index (χ3n) is 3.15. The molecule has 1 unspecified atom stereocenters. The van der Waals surface area contributed by atoms with Gasteiger partial charge in [0.1, 0.15) is 17.5 Å². The molecule has 2 heterocycles. The minimum Gasteiger partial charge on any atom is -0.378 e. The van der Waals surface area contributed by atoms with E-state index in [0.29, 0.717) is 12.6 Å². The minimum atomic E-state index is 0.317. The van der Waals surface area contributed by atoms with E-state index in [2.05, 4.69) is 27.1 Å². The van der Waals surface area contributed by atoms with Gasteiger partial charge >= 0.3 is 0 Å². The van der Waals surface area contributed by atoms with Gasteiger partial charge in [0.25, 0.3) is 0 Å². The van der Waals surface area contributed by atoms with Crippen LogP contribution in [0.15, 0.2) is 6.07 Å². The Hall–Kier alpha value is -1.40. The van der Waals surface area contributed by atoms with Crippen molar-refractivity contribution in [3.8, 4) is 0 Å². The fourth-order valence-electron chi connectivity index (χ4n) is 2.15. The summed E-state index contributed by atoms with van der Waals surface area (Å²) >= 11 is 0. The first-order chi connectivity index (χ1) is 9.19. The van der Waals surface area contributed by atoms with Gasteiger partial charge in [-0.15, -0.1) is 0 Å². The maximum Gasteiger partial charge on any atom is 0.134 e. The van der Waals surface area contributed by atoms with Crippen molar-refractivity contribution < 1.29 is 4.74 Å². The first kappa shape index (κ1) is 14.0. The molecule has 0 bridgehead atoms. The minimum absolute atomic E-state index is 0.317. The van der Waals surface area contributed by atoms with Gasteiger partial charge in [-0.05, 0) is 26.8 Å². The molecule has 106 valence electrons. The predicted molar refractivity (Wildman–Crippen MR) is 76.6 cm³/mol. The largest absolute Gasteiger partial charge is 0.378 e. The molecule has 1 atom stereocenters. The van der Waals surface area contributed by atoms with Gasteiger partial charge in [-0.1, -0.05) is 0 Å². The van der Waals surface area contributed by atoms with Crippen molar-refractivity contribution >= 4 is 11.6 Å². The SMILES string of the molecule is Cc1nc(NC(C)CCN)cc(N2CCOCC2)n1. The molecule has 6 nitrogen and oxygen atoms in total. The molecule has 0 aromatic carbocycles. The first-order valence-corrected chi connectivity index (χ1v) is 6.84. The van der Waals surface area contributed by atoms with E-state index < -0.39 is 0 Å². The predicted octanol–water partition coefficient (Wildman–Crippen LogP) is 0.771. The third kappa shape index (κ3) is 4.04. The molecule has 1 aliphatic rings. The van der Waals surface area contributed by atoms with Crippen LogP contribution in [0.4, 0.5) is 11.6 Å². The Bertz CT molecular complexity index is 406. The van der Waals surface area contributed by atoms with E-state index in [0.717, 1.165) is 50.2 Å². The van der Waals surface area contributed by atoms with Crippen LogP contribution in [0, 0.1) is 6.92 Å². The number of aromatic nitrogens is 2. The smallest absolute Gasteiger partial charge is 0.134 e. The van der Waals surface area contributed by atoms with Crippen LogP contribution in [0.5, 0.6) is 0 Å². The maximum atomic E-state index is 5.56. The molecular formula is C13H23N5O. The number of morpholine rings is 1. The highest BCUT2D eigenvalue weighted by atomic mass is 16.5. The maximum absolute atomic E-state index is 5.56. The molecule has 1 aliphatic heterocycles. The summed E-state index contributed by atoms with van der Waals surface area (Å²) in [5.41, 5.74) is 5.56. The summed E-state index contributed by atoms with van der Waals surface area (Å²) in [6.45, 7) is 7.99. The summed E-state index contributed by atoms with van der Waals surface area (Å²) < 4.78 is 5.36. The van der Waals surface area contributed by atoms with Gasteiger partial charge < -0.3 is 20.7 Å². The molecular weight excluding hydrogens is 242 g/mol. The molecule has 1 saturated heterocycles. The Balaban J connectivity index is 2.09. The zero-order valence-electron chi connectivity index (χ0n) is 11.7. The highest BCUT2D eigenvalue weighted by molar-refractivity contribution is 5.50. The summed E-state index contributed by atoms with van der Waals surface area (Å²) in [6.07, 6.45) is 0.927. The Labute approximate surface area is 114 Å². The van der Waals surface area contributed by atoms with E-state index in [1.807, 2.05) is 13.0 Å². The zero-order valence-corrected chi connectivity index (χ0v) is 11.7. The average Bonchev–Trinajstić information content (AvgIpc) is 2.39. The molecule has 0 spiro atoms. The van der Waals surface area contributed by atoms with E-state index >= 15 is 0 Å². The van der Waals surface area contributed by atoms with Gasteiger partial charge in [-0.25, -0.2) is 9.97 Å². The van der Waals surface area contributed by atoms with Gasteiger partial charge in [0.05, 0.1) is 13.2 Å². The summed E-state index contributed by atoms with van der Waals surface area (Å²) in [5, 5.41) is 3.37. The molecule has 6 heteroatoms. The van der Waals surface area contributed by atoms with Crippen molar-refractivity contribution in [2.75, 3.05) is 43.1 Å². The van der Waals surface area contributed by atoms with Crippen LogP contribution in [0.1, 0.15) is 19.2 Å². The van der Waals surface area contributed by atoms with Crippen LogP contribution in [0.3, 0.4) is 0 Å². The van der Waals surface area contributed by atoms with Crippen LogP contribution in [0.2, 0.25) is 0 Å². The number of nitrogens with one attached hydrogen (secondary N) is 1. The van der Waals surface area contributed by atoms with Crippen molar-refractivity contribution in [3.63, 3.8) is 0 Å². The lowest BCUT2D eigenvalue weighted by Crippen LogP contribution is -2.37.